The van der Waals surface area contributed by atoms with Crippen molar-refractivity contribution in [2.45, 2.75) is 31.2 Å². The van der Waals surface area contributed by atoms with Gasteiger partial charge in [-0.1, -0.05) is 0 Å². The average molecular weight is 316 g/mol. The molecule has 0 aromatic carbocycles. The van der Waals surface area contributed by atoms with Crippen LogP contribution in [0.1, 0.15) is 34.4 Å². The highest BCUT2D eigenvalue weighted by molar-refractivity contribution is 7.09. The second kappa shape index (κ2) is 7.81. The van der Waals surface area contributed by atoms with Crippen LogP contribution in [0.4, 0.5) is 0 Å². The Bertz CT molecular complexity index is 467. The lowest BCUT2D eigenvalue weighted by Gasteiger charge is -2.09. The molecule has 0 saturated carbocycles. The molecule has 3 N–H and O–H groups in total. The van der Waals surface area contributed by atoms with Crippen molar-refractivity contribution in [1.82, 2.24) is 10.3 Å². The first-order chi connectivity index (χ1) is 10.2. The van der Waals surface area contributed by atoms with Crippen LogP contribution < -0.4 is 5.32 Å². The quantitative estimate of drug-likeness (QED) is 0.617. The van der Waals surface area contributed by atoms with E-state index in [-0.39, 0.29) is 18.6 Å². The number of amides is 1. The highest BCUT2D eigenvalue weighted by Crippen LogP contribution is 2.34. The largest absolute Gasteiger partial charge is 0.394 e. The smallest absolute Gasteiger partial charge is 0.270 e. The number of aliphatic hydroxyl groups is 2. The summed E-state index contributed by atoms with van der Waals surface area (Å²) in [6.45, 7) is 0.902. The Kier molecular flexibility index (Phi) is 6.07. The van der Waals surface area contributed by atoms with Gasteiger partial charge in [-0.05, 0) is 6.42 Å². The number of carbonyl (C=O) groups excluding carboxylic acids is 1. The molecule has 1 aliphatic heterocycles. The van der Waals surface area contributed by atoms with Crippen molar-refractivity contribution in [1.29, 1.82) is 0 Å². The van der Waals surface area contributed by atoms with Crippen LogP contribution in [0.2, 0.25) is 0 Å². The van der Waals surface area contributed by atoms with Crippen LogP contribution in [0, 0.1) is 0 Å². The first kappa shape index (κ1) is 16.3. The van der Waals surface area contributed by atoms with Gasteiger partial charge in [0.15, 0.2) is 0 Å². The maximum atomic E-state index is 11.9. The summed E-state index contributed by atoms with van der Waals surface area (Å²) in [5, 5.41) is 23.8. The molecule has 0 aliphatic carbocycles. The molecule has 1 aromatic heterocycles. The van der Waals surface area contributed by atoms with Crippen LogP contribution in [0.15, 0.2) is 5.38 Å². The van der Waals surface area contributed by atoms with Gasteiger partial charge < -0.3 is 25.0 Å². The van der Waals surface area contributed by atoms with Crippen LogP contribution in [-0.2, 0) is 9.47 Å². The summed E-state index contributed by atoms with van der Waals surface area (Å²) in [6, 6.07) is 0. The van der Waals surface area contributed by atoms with Crippen molar-refractivity contribution in [3.05, 3.63) is 16.1 Å². The lowest BCUT2D eigenvalue weighted by atomic mass is 10.1. The van der Waals surface area contributed by atoms with Crippen LogP contribution in [0.5, 0.6) is 0 Å². The molecule has 0 radical (unpaired) electrons. The van der Waals surface area contributed by atoms with E-state index in [1.807, 2.05) is 0 Å². The zero-order valence-electron chi connectivity index (χ0n) is 11.8. The van der Waals surface area contributed by atoms with Gasteiger partial charge in [0.2, 0.25) is 0 Å². The second-order valence-electron chi connectivity index (χ2n) is 4.82. The molecule has 1 saturated heterocycles. The van der Waals surface area contributed by atoms with E-state index in [9.17, 15) is 9.90 Å². The Hall–Kier alpha value is -1.06. The van der Waals surface area contributed by atoms with E-state index in [0.29, 0.717) is 30.3 Å². The van der Waals surface area contributed by atoms with Crippen LogP contribution >= 0.6 is 11.3 Å². The molecule has 1 aromatic rings. The fourth-order valence-electron chi connectivity index (χ4n) is 2.10. The van der Waals surface area contributed by atoms with Crippen molar-refractivity contribution in [2.24, 2.45) is 0 Å². The molecule has 0 bridgehead atoms. The van der Waals surface area contributed by atoms with Gasteiger partial charge >= 0.3 is 0 Å². The first-order valence-corrected chi connectivity index (χ1v) is 7.70. The van der Waals surface area contributed by atoms with Crippen molar-refractivity contribution in [2.75, 3.05) is 26.9 Å². The van der Waals surface area contributed by atoms with Gasteiger partial charge in [0.05, 0.1) is 12.7 Å². The molecule has 1 fully saturated rings. The Morgan fingerprint density at radius 2 is 2.48 bits per heavy atom. The summed E-state index contributed by atoms with van der Waals surface area (Å²) in [5.74, 6) is -0.231. The summed E-state index contributed by atoms with van der Waals surface area (Å²) >= 11 is 1.32. The summed E-state index contributed by atoms with van der Waals surface area (Å²) in [6.07, 6.45) is -0.513. The molecule has 1 aliphatic rings. The molecule has 0 spiro atoms. The maximum absolute atomic E-state index is 11.9. The van der Waals surface area contributed by atoms with Crippen molar-refractivity contribution in [3.8, 4) is 0 Å². The normalized spacial score (nSPS) is 25.2. The highest BCUT2D eigenvalue weighted by Gasteiger charge is 2.36. The number of thiazole rings is 1. The number of methoxy groups -OCH3 is 1. The zero-order chi connectivity index (χ0) is 15.2. The molecule has 118 valence electrons. The van der Waals surface area contributed by atoms with Gasteiger partial charge in [-0.2, -0.15) is 0 Å². The second-order valence-corrected chi connectivity index (χ2v) is 5.71. The van der Waals surface area contributed by atoms with E-state index in [0.717, 1.165) is 6.42 Å². The fourth-order valence-corrected chi connectivity index (χ4v) is 2.95. The predicted octanol–water partition coefficient (Wildman–Crippen LogP) is 0.0926. The number of rotatable bonds is 7. The number of ether oxygens (including phenoxy) is 2. The molecule has 0 unspecified atom stereocenters. The van der Waals surface area contributed by atoms with E-state index in [1.54, 1.807) is 12.5 Å². The Labute approximate surface area is 126 Å². The summed E-state index contributed by atoms with van der Waals surface area (Å²) in [5.41, 5.74) is 0.345. The third kappa shape index (κ3) is 4.21. The Morgan fingerprint density at radius 3 is 3.14 bits per heavy atom. The molecule has 7 nitrogen and oxygen atoms in total. The predicted molar refractivity (Wildman–Crippen MR) is 76.3 cm³/mol. The van der Waals surface area contributed by atoms with Crippen molar-refractivity contribution >= 4 is 17.2 Å². The number of carbonyl (C=O) groups is 1. The average Bonchev–Trinajstić information content (AvgIpc) is 3.09. The number of aliphatic hydroxyl groups excluding tert-OH is 2. The molecule has 21 heavy (non-hydrogen) atoms. The number of nitrogens with zero attached hydrogens (tertiary/aromatic N) is 1. The van der Waals surface area contributed by atoms with Crippen LogP contribution in [-0.4, -0.2) is 60.2 Å². The van der Waals surface area contributed by atoms with E-state index < -0.39 is 12.2 Å². The summed E-state index contributed by atoms with van der Waals surface area (Å²) in [4.78, 5) is 16.1. The molecule has 1 amide bonds. The first-order valence-electron chi connectivity index (χ1n) is 6.82. The maximum Gasteiger partial charge on any atom is 0.270 e. The number of hydrogen-bond acceptors (Lipinski definition) is 7. The minimum Gasteiger partial charge on any atom is -0.394 e. The zero-order valence-corrected chi connectivity index (χ0v) is 12.6. The van der Waals surface area contributed by atoms with E-state index in [4.69, 9.17) is 14.6 Å². The minimum absolute atomic E-state index is 0.226. The van der Waals surface area contributed by atoms with E-state index in [2.05, 4.69) is 10.3 Å². The summed E-state index contributed by atoms with van der Waals surface area (Å²) < 4.78 is 10.4. The Morgan fingerprint density at radius 1 is 1.67 bits per heavy atom. The topological polar surface area (TPSA) is 101 Å². The molecule has 2 heterocycles. The van der Waals surface area contributed by atoms with Crippen LogP contribution in [0.25, 0.3) is 0 Å². The lowest BCUT2D eigenvalue weighted by Crippen LogP contribution is -2.25. The van der Waals surface area contributed by atoms with Gasteiger partial charge in [-0.25, -0.2) is 4.98 Å². The molecule has 8 heteroatoms. The SMILES string of the molecule is COCCCNC(=O)c1csc([C@H]2C[C@H](O)[C@@H](CO)O2)n1. The third-order valence-electron chi connectivity index (χ3n) is 3.24. The van der Waals surface area contributed by atoms with Gasteiger partial charge in [0, 0.05) is 32.1 Å². The third-order valence-corrected chi connectivity index (χ3v) is 4.18. The van der Waals surface area contributed by atoms with Crippen LogP contribution in [0.3, 0.4) is 0 Å². The van der Waals surface area contributed by atoms with Crippen molar-refractivity contribution in [3.63, 3.8) is 0 Å². The monoisotopic (exact) mass is 316 g/mol. The molecular formula is C13H20N2O5S. The minimum atomic E-state index is -0.699. The van der Waals surface area contributed by atoms with E-state index >= 15 is 0 Å². The number of hydrogen-bond donors (Lipinski definition) is 3. The number of nitrogens with one attached hydrogen (secondary N) is 1. The Balaban J connectivity index is 1.88. The molecular weight excluding hydrogens is 296 g/mol. The number of aromatic nitrogens is 1. The lowest BCUT2D eigenvalue weighted by molar-refractivity contribution is -0.0226. The van der Waals surface area contributed by atoms with Gasteiger partial charge in [0.25, 0.3) is 5.91 Å². The molecule has 2 rings (SSSR count). The van der Waals surface area contributed by atoms with Crippen molar-refractivity contribution < 1.29 is 24.5 Å². The van der Waals surface area contributed by atoms with Gasteiger partial charge in [-0.15, -0.1) is 11.3 Å². The molecule has 3 atom stereocenters. The van der Waals surface area contributed by atoms with Gasteiger partial charge in [-0.3, -0.25) is 4.79 Å². The summed E-state index contributed by atoms with van der Waals surface area (Å²) in [7, 11) is 1.62. The van der Waals surface area contributed by atoms with E-state index in [1.165, 1.54) is 11.3 Å². The standard InChI is InChI=1S/C13H20N2O5S/c1-19-4-2-3-14-12(18)8-7-21-13(15-8)10-5-9(17)11(6-16)20-10/h7,9-11,16-17H,2-6H2,1H3,(H,14,18)/t9-,10+,11+/m0/s1. The highest BCUT2D eigenvalue weighted by atomic mass is 32.1. The van der Waals surface area contributed by atoms with Gasteiger partial charge in [0.1, 0.15) is 22.9 Å². The fraction of sp³-hybridized carbons (Fsp3) is 0.692.